The van der Waals surface area contributed by atoms with Crippen LogP contribution in [-0.2, 0) is 19.1 Å². The molecule has 1 aliphatic rings. The summed E-state index contributed by atoms with van der Waals surface area (Å²) in [7, 11) is 2.50. The minimum atomic E-state index is -0.669. The van der Waals surface area contributed by atoms with Gasteiger partial charge in [0, 0.05) is 23.0 Å². The van der Waals surface area contributed by atoms with Gasteiger partial charge in [-0.25, -0.2) is 14.6 Å². The van der Waals surface area contributed by atoms with E-state index in [1.807, 2.05) is 12.1 Å². The summed E-state index contributed by atoms with van der Waals surface area (Å²) in [4.78, 5) is 31.4. The minimum absolute atomic E-state index is 0.0474. The quantitative estimate of drug-likeness (QED) is 0.679. The van der Waals surface area contributed by atoms with Gasteiger partial charge < -0.3 is 14.4 Å². The fraction of sp³-hybridized carbons (Fsp3) is 0.0909. The second-order valence-electron chi connectivity index (χ2n) is 5.88. The molecule has 150 valence electrons. The first-order chi connectivity index (χ1) is 14.6. The normalized spacial score (nSPS) is 12.9. The number of nitriles is 1. The monoisotopic (exact) mass is 419 g/mol. The van der Waals surface area contributed by atoms with Crippen LogP contribution in [-0.4, -0.2) is 31.1 Å². The van der Waals surface area contributed by atoms with Crippen LogP contribution in [0.3, 0.4) is 0 Å². The third kappa shape index (κ3) is 4.42. The fourth-order valence-electron chi connectivity index (χ4n) is 2.71. The van der Waals surface area contributed by atoms with Crippen molar-refractivity contribution in [1.82, 2.24) is 4.98 Å². The summed E-state index contributed by atoms with van der Waals surface area (Å²) in [6, 6.07) is 12.8. The molecule has 2 heterocycles. The van der Waals surface area contributed by atoms with Gasteiger partial charge in [-0.1, -0.05) is 17.8 Å². The second-order valence-corrected chi connectivity index (χ2v) is 6.94. The van der Waals surface area contributed by atoms with E-state index < -0.39 is 11.9 Å². The Hall–Kier alpha value is -3.83. The maximum Gasteiger partial charge on any atom is 0.355 e. The number of carbonyl (C=O) groups excluding carboxylic acids is 2. The van der Waals surface area contributed by atoms with Crippen LogP contribution in [0.4, 0.5) is 5.69 Å². The van der Waals surface area contributed by atoms with Crippen LogP contribution in [0.5, 0.6) is 0 Å². The number of esters is 2. The Balaban J connectivity index is 1.96. The maximum absolute atomic E-state index is 12.5. The molecule has 0 N–H and O–H groups in total. The number of hydrogen-bond donors (Lipinski definition) is 0. The van der Waals surface area contributed by atoms with Gasteiger partial charge in [0.2, 0.25) is 0 Å². The third-order valence-electron chi connectivity index (χ3n) is 4.11. The molecular formula is C22H17N3O4S. The number of anilines is 1. The molecule has 0 unspecified atom stereocenters. The Morgan fingerprint density at radius 3 is 2.47 bits per heavy atom. The summed E-state index contributed by atoms with van der Waals surface area (Å²) in [5.41, 5.74) is 1.26. The van der Waals surface area contributed by atoms with Crippen molar-refractivity contribution >= 4 is 29.4 Å². The van der Waals surface area contributed by atoms with Crippen molar-refractivity contribution in [2.75, 3.05) is 19.1 Å². The van der Waals surface area contributed by atoms with Gasteiger partial charge >= 0.3 is 11.9 Å². The number of pyridine rings is 1. The molecule has 0 saturated carbocycles. The Kier molecular flexibility index (Phi) is 6.67. The topological polar surface area (TPSA) is 92.5 Å². The van der Waals surface area contributed by atoms with Crippen LogP contribution in [0, 0.1) is 11.3 Å². The molecule has 0 amide bonds. The van der Waals surface area contributed by atoms with Crippen molar-refractivity contribution in [3.63, 3.8) is 0 Å². The van der Waals surface area contributed by atoms with Crippen molar-refractivity contribution in [1.29, 1.82) is 5.26 Å². The summed E-state index contributed by atoms with van der Waals surface area (Å²) >= 11 is 1.36. The number of carbonyl (C=O) groups is 2. The van der Waals surface area contributed by atoms with E-state index in [2.05, 4.69) is 11.1 Å². The van der Waals surface area contributed by atoms with Gasteiger partial charge in [-0.3, -0.25) is 0 Å². The number of rotatable bonds is 5. The van der Waals surface area contributed by atoms with Gasteiger partial charge in [0.05, 0.1) is 25.4 Å². The van der Waals surface area contributed by atoms with Crippen molar-refractivity contribution in [2.24, 2.45) is 0 Å². The van der Waals surface area contributed by atoms with E-state index in [4.69, 9.17) is 9.47 Å². The number of hydrogen-bond acceptors (Lipinski definition) is 8. The lowest BCUT2D eigenvalue weighted by Crippen LogP contribution is -2.26. The Morgan fingerprint density at radius 2 is 1.80 bits per heavy atom. The minimum Gasteiger partial charge on any atom is -0.465 e. The van der Waals surface area contributed by atoms with E-state index in [9.17, 15) is 14.9 Å². The molecule has 0 radical (unpaired) electrons. The highest BCUT2D eigenvalue weighted by atomic mass is 32.2. The lowest BCUT2D eigenvalue weighted by Gasteiger charge is -2.23. The Morgan fingerprint density at radius 1 is 1.07 bits per heavy atom. The molecule has 30 heavy (non-hydrogen) atoms. The van der Waals surface area contributed by atoms with Gasteiger partial charge in [-0.15, -0.1) is 0 Å². The molecule has 0 fully saturated rings. The van der Waals surface area contributed by atoms with Crippen LogP contribution in [0.2, 0.25) is 0 Å². The van der Waals surface area contributed by atoms with Gasteiger partial charge in [0.25, 0.3) is 0 Å². The van der Waals surface area contributed by atoms with Crippen molar-refractivity contribution < 1.29 is 19.1 Å². The zero-order valence-electron chi connectivity index (χ0n) is 16.2. The molecule has 0 aliphatic carbocycles. The summed E-state index contributed by atoms with van der Waals surface area (Å²) in [5, 5.41) is 9.83. The molecule has 1 aromatic heterocycles. The highest BCUT2D eigenvalue weighted by Crippen LogP contribution is 2.32. The van der Waals surface area contributed by atoms with Crippen LogP contribution < -0.4 is 4.90 Å². The van der Waals surface area contributed by atoms with E-state index in [1.54, 1.807) is 53.7 Å². The molecular weight excluding hydrogens is 402 g/mol. The van der Waals surface area contributed by atoms with Crippen LogP contribution in [0.15, 0.2) is 88.2 Å². The first-order valence-electron chi connectivity index (χ1n) is 8.77. The number of nitrogens with zero attached hydrogens (tertiary/aromatic N) is 3. The molecule has 7 nitrogen and oxygen atoms in total. The van der Waals surface area contributed by atoms with Crippen LogP contribution >= 0.6 is 11.8 Å². The average molecular weight is 419 g/mol. The molecule has 1 aliphatic heterocycles. The van der Waals surface area contributed by atoms with Crippen molar-refractivity contribution in [3.05, 3.63) is 83.9 Å². The fourth-order valence-corrected chi connectivity index (χ4v) is 3.54. The van der Waals surface area contributed by atoms with E-state index >= 15 is 0 Å². The summed E-state index contributed by atoms with van der Waals surface area (Å²) < 4.78 is 9.71. The largest absolute Gasteiger partial charge is 0.465 e. The van der Waals surface area contributed by atoms with Gasteiger partial charge in [-0.05, 0) is 48.6 Å². The first kappa shape index (κ1) is 20.9. The molecule has 3 rings (SSSR count). The molecule has 0 atom stereocenters. The maximum atomic E-state index is 12.5. The van der Waals surface area contributed by atoms with Gasteiger partial charge in [0.1, 0.15) is 16.8 Å². The Bertz CT molecular complexity index is 1100. The predicted molar refractivity (Wildman–Crippen MR) is 111 cm³/mol. The highest BCUT2D eigenvalue weighted by molar-refractivity contribution is 7.99. The van der Waals surface area contributed by atoms with Crippen molar-refractivity contribution in [2.45, 2.75) is 9.92 Å². The number of methoxy groups -OCH3 is 2. The SMILES string of the molecule is COC(=O)C1=C(C(=O)OC)N(c2ccc(Sc3ncccc3C#N)cc2)C=CC=C1. The number of benzene rings is 1. The van der Waals surface area contributed by atoms with Gasteiger partial charge in [0.15, 0.2) is 0 Å². The van der Waals surface area contributed by atoms with E-state index in [0.29, 0.717) is 16.3 Å². The summed E-state index contributed by atoms with van der Waals surface area (Å²) in [6.45, 7) is 0. The van der Waals surface area contributed by atoms with E-state index in [0.717, 1.165) is 4.90 Å². The van der Waals surface area contributed by atoms with Crippen molar-refractivity contribution in [3.8, 4) is 6.07 Å². The second kappa shape index (κ2) is 9.58. The number of aromatic nitrogens is 1. The van der Waals surface area contributed by atoms with E-state index in [-0.39, 0.29) is 11.3 Å². The lowest BCUT2D eigenvalue weighted by atomic mass is 10.1. The smallest absolute Gasteiger partial charge is 0.355 e. The zero-order chi connectivity index (χ0) is 21.5. The zero-order valence-corrected chi connectivity index (χ0v) is 17.1. The van der Waals surface area contributed by atoms with E-state index in [1.165, 1.54) is 32.1 Å². The Labute approximate surface area is 177 Å². The standard InChI is InChI=1S/C22H17N3O4S/c1-28-21(26)18-7-3-4-13-25(19(18)22(27)29-2)16-8-10-17(11-9-16)30-20-15(14-23)6-5-12-24-20/h3-13H,1-2H3. The molecule has 2 aromatic rings. The molecule has 0 spiro atoms. The third-order valence-corrected chi connectivity index (χ3v) is 5.14. The predicted octanol–water partition coefficient (Wildman–Crippen LogP) is 3.59. The number of ether oxygens (including phenoxy) is 2. The molecule has 1 aromatic carbocycles. The lowest BCUT2D eigenvalue weighted by molar-refractivity contribution is -0.139. The molecule has 0 bridgehead atoms. The average Bonchev–Trinajstić information content (AvgIpc) is 3.02. The molecule has 8 heteroatoms. The number of allylic oxidation sites excluding steroid dienone is 2. The first-order valence-corrected chi connectivity index (χ1v) is 9.58. The summed E-state index contributed by atoms with van der Waals surface area (Å²) in [6.07, 6.45) is 8.14. The van der Waals surface area contributed by atoms with Crippen LogP contribution in [0.25, 0.3) is 0 Å². The molecule has 0 saturated heterocycles. The highest BCUT2D eigenvalue weighted by Gasteiger charge is 2.27. The summed E-state index contributed by atoms with van der Waals surface area (Å²) in [5.74, 6) is -1.32. The van der Waals surface area contributed by atoms with Crippen LogP contribution in [0.1, 0.15) is 5.56 Å². The van der Waals surface area contributed by atoms with Gasteiger partial charge in [-0.2, -0.15) is 5.26 Å².